The van der Waals surface area contributed by atoms with E-state index in [1.165, 1.54) is 12.1 Å². The molecule has 25 heavy (non-hydrogen) atoms. The molecule has 0 spiro atoms. The van der Waals surface area contributed by atoms with Crippen LogP contribution in [0.2, 0.25) is 0 Å². The number of hydrogen-bond acceptors (Lipinski definition) is 2. The molecule has 142 valence electrons. The molecule has 1 fully saturated rings. The monoisotopic (exact) mass is 463 g/mol. The minimum Gasteiger partial charge on any atom is -0.381 e. The van der Waals surface area contributed by atoms with Gasteiger partial charge in [-0.3, -0.25) is 4.99 Å². The van der Waals surface area contributed by atoms with Gasteiger partial charge < -0.3 is 15.0 Å². The van der Waals surface area contributed by atoms with Gasteiger partial charge >= 0.3 is 0 Å². The third kappa shape index (κ3) is 6.73. The Bertz CT molecular complexity index is 542. The van der Waals surface area contributed by atoms with Crippen LogP contribution in [0.5, 0.6) is 0 Å². The van der Waals surface area contributed by atoms with E-state index in [9.17, 15) is 4.39 Å². The molecule has 1 N–H and O–H groups in total. The fraction of sp³-hybridized carbons (Fsp3) is 0.632. The number of hydrogen-bond donors (Lipinski definition) is 1. The van der Waals surface area contributed by atoms with Crippen LogP contribution in [0.15, 0.2) is 29.3 Å². The van der Waals surface area contributed by atoms with Crippen molar-refractivity contribution in [3.63, 3.8) is 0 Å². The number of guanidine groups is 1. The summed E-state index contributed by atoms with van der Waals surface area (Å²) in [6.45, 7) is 10.5. The molecule has 1 heterocycles. The Labute approximate surface area is 168 Å². The Morgan fingerprint density at radius 1 is 1.36 bits per heavy atom. The van der Waals surface area contributed by atoms with E-state index in [1.54, 1.807) is 0 Å². The van der Waals surface area contributed by atoms with Gasteiger partial charge in [-0.2, -0.15) is 0 Å². The van der Waals surface area contributed by atoms with E-state index in [2.05, 4.69) is 38.0 Å². The van der Waals surface area contributed by atoms with Crippen molar-refractivity contribution >= 4 is 29.9 Å². The van der Waals surface area contributed by atoms with Crippen molar-refractivity contribution in [3.05, 3.63) is 35.6 Å². The van der Waals surface area contributed by atoms with E-state index in [0.29, 0.717) is 12.5 Å². The van der Waals surface area contributed by atoms with E-state index in [0.717, 1.165) is 44.2 Å². The predicted molar refractivity (Wildman–Crippen MR) is 112 cm³/mol. The summed E-state index contributed by atoms with van der Waals surface area (Å²) < 4.78 is 18.6. The van der Waals surface area contributed by atoms with Crippen molar-refractivity contribution in [3.8, 4) is 0 Å². The predicted octanol–water partition coefficient (Wildman–Crippen LogP) is 3.66. The molecule has 1 aromatic carbocycles. The van der Waals surface area contributed by atoms with Crippen molar-refractivity contribution in [1.82, 2.24) is 10.2 Å². The van der Waals surface area contributed by atoms with Crippen LogP contribution in [0.25, 0.3) is 0 Å². The summed E-state index contributed by atoms with van der Waals surface area (Å²) in [6.07, 6.45) is 1.12. The maximum Gasteiger partial charge on any atom is 0.193 e. The summed E-state index contributed by atoms with van der Waals surface area (Å²) in [5, 5.41) is 3.36. The normalized spacial score (nSPS) is 18.0. The van der Waals surface area contributed by atoms with Gasteiger partial charge in [0.2, 0.25) is 0 Å². The lowest BCUT2D eigenvalue weighted by Gasteiger charge is -2.27. The van der Waals surface area contributed by atoms with E-state index >= 15 is 0 Å². The largest absolute Gasteiger partial charge is 0.381 e. The van der Waals surface area contributed by atoms with Gasteiger partial charge in [0.25, 0.3) is 0 Å². The summed E-state index contributed by atoms with van der Waals surface area (Å²) in [4.78, 5) is 7.01. The fourth-order valence-electron chi connectivity index (χ4n) is 2.94. The van der Waals surface area contributed by atoms with Gasteiger partial charge in [-0.15, -0.1) is 24.0 Å². The molecule has 1 saturated heterocycles. The van der Waals surface area contributed by atoms with Crippen LogP contribution in [0, 0.1) is 11.7 Å². The number of benzene rings is 1. The van der Waals surface area contributed by atoms with Crippen molar-refractivity contribution in [1.29, 1.82) is 0 Å². The van der Waals surface area contributed by atoms with Gasteiger partial charge in [0.1, 0.15) is 5.82 Å². The topological polar surface area (TPSA) is 36.9 Å². The molecule has 1 aliphatic rings. The van der Waals surface area contributed by atoms with Crippen LogP contribution in [0.4, 0.5) is 4.39 Å². The average Bonchev–Trinajstić information content (AvgIpc) is 3.04. The van der Waals surface area contributed by atoms with Crippen molar-refractivity contribution < 1.29 is 9.13 Å². The van der Waals surface area contributed by atoms with E-state index < -0.39 is 0 Å². The maximum absolute atomic E-state index is 13.1. The average molecular weight is 463 g/mol. The molecule has 0 radical (unpaired) electrons. The maximum atomic E-state index is 13.1. The highest BCUT2D eigenvalue weighted by Crippen LogP contribution is 2.24. The zero-order valence-corrected chi connectivity index (χ0v) is 18.0. The number of nitrogens with one attached hydrogen (secondary N) is 1. The minimum atomic E-state index is -0.204. The zero-order chi connectivity index (χ0) is 17.6. The summed E-state index contributed by atoms with van der Waals surface area (Å²) in [5.41, 5.74) is 0.946. The summed E-state index contributed by atoms with van der Waals surface area (Å²) in [5.74, 6) is 1.29. The summed E-state index contributed by atoms with van der Waals surface area (Å²) in [7, 11) is 2.07. The molecule has 0 saturated carbocycles. The molecular weight excluding hydrogens is 432 g/mol. The van der Waals surface area contributed by atoms with Gasteiger partial charge in [0.15, 0.2) is 5.96 Å². The zero-order valence-electron chi connectivity index (χ0n) is 15.7. The first kappa shape index (κ1) is 22.2. The third-order valence-corrected chi connectivity index (χ3v) is 4.50. The Morgan fingerprint density at radius 2 is 2.04 bits per heavy atom. The Balaban J connectivity index is 0.00000312. The second-order valence-corrected chi connectivity index (χ2v) is 7.17. The molecular formula is C19H31FIN3O. The van der Waals surface area contributed by atoms with Crippen LogP contribution in [0.3, 0.4) is 0 Å². The van der Waals surface area contributed by atoms with Gasteiger partial charge in [-0.05, 0) is 31.0 Å². The lowest BCUT2D eigenvalue weighted by atomic mass is 9.85. The molecule has 0 bridgehead atoms. The Hall–Kier alpha value is -0.890. The van der Waals surface area contributed by atoms with Crippen molar-refractivity contribution in [2.24, 2.45) is 10.9 Å². The van der Waals surface area contributed by atoms with Crippen LogP contribution in [-0.4, -0.2) is 50.8 Å². The van der Waals surface area contributed by atoms with Crippen molar-refractivity contribution in [2.45, 2.75) is 32.6 Å². The lowest BCUT2D eigenvalue weighted by molar-refractivity contribution is 0.181. The Kier molecular flexibility index (Phi) is 9.13. The first-order valence-corrected chi connectivity index (χ1v) is 8.75. The highest BCUT2D eigenvalue weighted by molar-refractivity contribution is 14.0. The van der Waals surface area contributed by atoms with Crippen LogP contribution >= 0.6 is 24.0 Å². The number of rotatable bonds is 6. The molecule has 0 amide bonds. The minimum absolute atomic E-state index is 0. The number of halogens is 2. The van der Waals surface area contributed by atoms with Gasteiger partial charge in [-0.1, -0.05) is 26.0 Å². The number of ether oxygens (including phenoxy) is 1. The van der Waals surface area contributed by atoms with Crippen LogP contribution < -0.4 is 5.32 Å². The van der Waals surface area contributed by atoms with E-state index in [-0.39, 0.29) is 35.2 Å². The molecule has 0 aliphatic carbocycles. The SMILES string of the molecule is CCNC(=NCC(C)(C)c1ccc(F)cc1)N(C)CC1CCOC1.I. The van der Waals surface area contributed by atoms with Gasteiger partial charge in [-0.25, -0.2) is 4.39 Å². The smallest absolute Gasteiger partial charge is 0.193 e. The summed E-state index contributed by atoms with van der Waals surface area (Å²) >= 11 is 0. The molecule has 4 nitrogen and oxygen atoms in total. The molecule has 1 aromatic rings. The first-order chi connectivity index (χ1) is 11.4. The highest BCUT2D eigenvalue weighted by atomic mass is 127. The highest BCUT2D eigenvalue weighted by Gasteiger charge is 2.22. The second kappa shape index (κ2) is 10.3. The lowest BCUT2D eigenvalue weighted by Crippen LogP contribution is -2.42. The van der Waals surface area contributed by atoms with Crippen molar-refractivity contribution in [2.75, 3.05) is 39.9 Å². The quantitative estimate of drug-likeness (QED) is 0.398. The molecule has 1 atom stereocenters. The van der Waals surface area contributed by atoms with E-state index in [4.69, 9.17) is 9.73 Å². The Morgan fingerprint density at radius 3 is 2.60 bits per heavy atom. The molecule has 2 rings (SSSR count). The second-order valence-electron chi connectivity index (χ2n) is 7.17. The van der Waals surface area contributed by atoms with Crippen LogP contribution in [-0.2, 0) is 10.2 Å². The number of aliphatic imine (C=N–C) groups is 1. The number of nitrogens with zero attached hydrogens (tertiary/aromatic N) is 2. The van der Waals surface area contributed by atoms with Gasteiger partial charge in [0, 0.05) is 38.1 Å². The van der Waals surface area contributed by atoms with Gasteiger partial charge in [0.05, 0.1) is 13.2 Å². The fourth-order valence-corrected chi connectivity index (χ4v) is 2.94. The molecule has 0 aromatic heterocycles. The molecule has 6 heteroatoms. The summed E-state index contributed by atoms with van der Waals surface area (Å²) in [6, 6.07) is 6.71. The first-order valence-electron chi connectivity index (χ1n) is 8.75. The third-order valence-electron chi connectivity index (χ3n) is 4.50. The van der Waals surface area contributed by atoms with Crippen LogP contribution in [0.1, 0.15) is 32.8 Å². The molecule has 1 aliphatic heterocycles. The van der Waals surface area contributed by atoms with E-state index in [1.807, 2.05) is 12.1 Å². The standard InChI is InChI=1S/C19H30FN3O.HI/c1-5-21-18(23(4)12-15-10-11-24-13-15)22-14-19(2,3)16-6-8-17(20)9-7-16;/h6-9,15H,5,10-14H2,1-4H3,(H,21,22);1H. The molecule has 1 unspecified atom stereocenters.